The summed E-state index contributed by atoms with van der Waals surface area (Å²) in [4.78, 5) is 0. The molecule has 3 saturated heterocycles. The minimum Gasteiger partial charge on any atom is -0.462 e. The number of nitrogens with zero attached hydrogens (tertiary/aromatic N) is 1. The molecule has 0 amide bonds. The van der Waals surface area contributed by atoms with Crippen molar-refractivity contribution in [3.05, 3.63) is 66.2 Å². The van der Waals surface area contributed by atoms with Crippen molar-refractivity contribution in [2.75, 3.05) is 20.7 Å². The highest BCUT2D eigenvalue weighted by atomic mass is 31.2. The Bertz CT molecular complexity index is 809. The third kappa shape index (κ3) is 3.92. The Hall–Kier alpha value is -1.57. The summed E-state index contributed by atoms with van der Waals surface area (Å²) in [5, 5.41) is 0. The van der Waals surface area contributed by atoms with Crippen LogP contribution in [0.4, 0.5) is 0 Å². The summed E-state index contributed by atoms with van der Waals surface area (Å²) in [6.07, 6.45) is -2.35. The number of para-hydroxylation sites is 1. The van der Waals surface area contributed by atoms with Crippen LogP contribution in [-0.4, -0.2) is 56.1 Å². The molecule has 0 saturated carbocycles. The van der Waals surface area contributed by atoms with Gasteiger partial charge in [0.05, 0.1) is 6.61 Å². The van der Waals surface area contributed by atoms with E-state index in [9.17, 15) is 0 Å². The first-order chi connectivity index (χ1) is 14.2. The highest BCUT2D eigenvalue weighted by molar-refractivity contribution is 7.44. The largest absolute Gasteiger partial charge is 0.462 e. The van der Waals surface area contributed by atoms with E-state index in [1.165, 1.54) is 0 Å². The summed E-state index contributed by atoms with van der Waals surface area (Å²) in [6, 6.07) is 19.5. The number of ether oxygens (including phenoxy) is 4. The molecule has 3 aliphatic heterocycles. The quantitative estimate of drug-likeness (QED) is 0.706. The molecule has 29 heavy (non-hydrogen) atoms. The Labute approximate surface area is 171 Å². The smallest absolute Gasteiger partial charge is 0.259 e. The number of hydrogen-bond acceptors (Lipinski definition) is 7. The number of fused-ring (bicyclic) bond motifs is 3. The Balaban J connectivity index is 1.38. The van der Waals surface area contributed by atoms with Gasteiger partial charge in [-0.1, -0.05) is 48.5 Å². The number of benzene rings is 2. The maximum Gasteiger partial charge on any atom is 0.259 e. The van der Waals surface area contributed by atoms with Crippen LogP contribution in [0.1, 0.15) is 11.9 Å². The zero-order chi connectivity index (χ0) is 19.8. The second-order valence-corrected chi connectivity index (χ2v) is 9.07. The molecule has 2 aromatic carbocycles. The number of rotatable bonds is 4. The van der Waals surface area contributed by atoms with Crippen LogP contribution in [0.15, 0.2) is 60.7 Å². The fraction of sp³-hybridized carbons (Fsp3) is 0.429. The van der Waals surface area contributed by atoms with Crippen molar-refractivity contribution in [1.82, 2.24) is 4.67 Å². The summed E-state index contributed by atoms with van der Waals surface area (Å²) < 4.78 is 39.0. The van der Waals surface area contributed by atoms with Crippen LogP contribution >= 0.6 is 8.53 Å². The van der Waals surface area contributed by atoms with E-state index in [1.54, 1.807) is 0 Å². The van der Waals surface area contributed by atoms with Gasteiger partial charge in [-0.15, -0.1) is 0 Å². The summed E-state index contributed by atoms with van der Waals surface area (Å²) in [6.45, 7) is 0.394. The lowest BCUT2D eigenvalue weighted by atomic mass is 9.98. The van der Waals surface area contributed by atoms with Crippen molar-refractivity contribution in [3.8, 4) is 5.75 Å². The van der Waals surface area contributed by atoms with Crippen LogP contribution in [0, 0.1) is 0 Å². The molecule has 0 radical (unpaired) electrons. The molecule has 3 heterocycles. The van der Waals surface area contributed by atoms with Gasteiger partial charge in [0.1, 0.15) is 24.1 Å². The van der Waals surface area contributed by atoms with Crippen molar-refractivity contribution < 1.29 is 28.0 Å². The van der Waals surface area contributed by atoms with Gasteiger partial charge in [-0.25, -0.2) is 4.67 Å². The fourth-order valence-corrected chi connectivity index (χ4v) is 5.01. The normalized spacial score (nSPS) is 36.4. The van der Waals surface area contributed by atoms with Crippen LogP contribution in [-0.2, 0) is 23.3 Å². The molecule has 0 bridgehead atoms. The van der Waals surface area contributed by atoms with E-state index in [0.717, 1.165) is 11.3 Å². The third-order valence-corrected chi connectivity index (χ3v) is 6.60. The van der Waals surface area contributed by atoms with E-state index >= 15 is 0 Å². The van der Waals surface area contributed by atoms with E-state index in [-0.39, 0.29) is 24.4 Å². The van der Waals surface area contributed by atoms with Crippen LogP contribution in [0.25, 0.3) is 0 Å². The topological polar surface area (TPSA) is 58.6 Å². The van der Waals surface area contributed by atoms with Gasteiger partial charge in [-0.05, 0) is 26.2 Å². The lowest BCUT2D eigenvalue weighted by molar-refractivity contribution is -0.335. The minimum atomic E-state index is -1.20. The van der Waals surface area contributed by atoms with Gasteiger partial charge in [-0.2, -0.15) is 0 Å². The maximum absolute atomic E-state index is 6.30. The average molecular weight is 417 g/mol. The van der Waals surface area contributed by atoms with Gasteiger partial charge < -0.3 is 28.0 Å². The van der Waals surface area contributed by atoms with Gasteiger partial charge in [0.2, 0.25) is 6.29 Å². The minimum absolute atomic E-state index is 0.300. The summed E-state index contributed by atoms with van der Waals surface area (Å²) >= 11 is 0. The lowest BCUT2D eigenvalue weighted by Gasteiger charge is -2.45. The predicted octanol–water partition coefficient (Wildman–Crippen LogP) is 3.48. The Morgan fingerprint density at radius 2 is 1.55 bits per heavy atom. The molecule has 7 nitrogen and oxygen atoms in total. The molecule has 0 aromatic heterocycles. The van der Waals surface area contributed by atoms with Gasteiger partial charge in [0.25, 0.3) is 8.53 Å². The van der Waals surface area contributed by atoms with Crippen LogP contribution in [0.5, 0.6) is 5.75 Å². The molecule has 2 aromatic rings. The van der Waals surface area contributed by atoms with Gasteiger partial charge in [0.15, 0.2) is 12.4 Å². The highest BCUT2D eigenvalue weighted by Crippen LogP contribution is 2.54. The van der Waals surface area contributed by atoms with E-state index in [0.29, 0.717) is 6.61 Å². The molecule has 7 atom stereocenters. The van der Waals surface area contributed by atoms with E-state index in [1.807, 2.05) is 79.4 Å². The highest BCUT2D eigenvalue weighted by Gasteiger charge is 2.57. The zero-order valence-corrected chi connectivity index (χ0v) is 17.2. The van der Waals surface area contributed by atoms with Gasteiger partial charge in [-0.3, -0.25) is 0 Å². The monoisotopic (exact) mass is 417 g/mol. The molecule has 0 N–H and O–H groups in total. The van der Waals surface area contributed by atoms with Gasteiger partial charge in [0, 0.05) is 5.56 Å². The van der Waals surface area contributed by atoms with E-state index in [2.05, 4.69) is 0 Å². The Morgan fingerprint density at radius 3 is 2.28 bits per heavy atom. The van der Waals surface area contributed by atoms with Crippen molar-refractivity contribution in [2.24, 2.45) is 0 Å². The Morgan fingerprint density at radius 1 is 0.862 bits per heavy atom. The second-order valence-electron chi connectivity index (χ2n) is 7.38. The van der Waals surface area contributed by atoms with E-state index in [4.69, 9.17) is 28.0 Å². The summed E-state index contributed by atoms with van der Waals surface area (Å²) in [7, 11) is 2.67. The van der Waals surface area contributed by atoms with Crippen molar-refractivity contribution in [1.29, 1.82) is 0 Å². The molecule has 4 unspecified atom stereocenters. The Kier molecular flexibility index (Phi) is 5.54. The molecule has 154 valence electrons. The molecular weight excluding hydrogens is 393 g/mol. The lowest BCUT2D eigenvalue weighted by Crippen LogP contribution is -2.61. The molecule has 3 aliphatic rings. The SMILES string of the molecule is CN(C)P1O[C@H]2[C@@H]3OC(c4ccccc4)OCC3OC(Oc3ccccc3)[C@H]2O1. The molecular formula is C21H24NO6P. The number of hydrogen-bond donors (Lipinski definition) is 0. The van der Waals surface area contributed by atoms with Crippen molar-refractivity contribution >= 4 is 8.53 Å². The first kappa shape index (κ1) is 19.4. The summed E-state index contributed by atoms with van der Waals surface area (Å²) in [5.74, 6) is 0.721. The van der Waals surface area contributed by atoms with Crippen molar-refractivity contribution in [3.63, 3.8) is 0 Å². The first-order valence-corrected chi connectivity index (χ1v) is 10.8. The molecule has 0 aliphatic carbocycles. The molecule has 3 fully saturated rings. The average Bonchev–Trinajstić information content (AvgIpc) is 3.22. The molecule has 5 rings (SSSR count). The van der Waals surface area contributed by atoms with Gasteiger partial charge >= 0.3 is 0 Å². The standard InChI is InChI=1S/C21H24NO6P/c1-22(2)29-27-18-17-16(13-23-20(26-17)14-9-5-3-6-10-14)25-21(19(18)28-29)24-15-11-7-4-8-12-15/h3-12,16-21H,13H2,1-2H3/t16?,17-,18+,19+,20?,21?,29?/m1/s1. The first-order valence-electron chi connectivity index (χ1n) is 9.69. The van der Waals surface area contributed by atoms with Crippen LogP contribution in [0.2, 0.25) is 0 Å². The second kappa shape index (κ2) is 8.28. The van der Waals surface area contributed by atoms with Crippen LogP contribution in [0.3, 0.4) is 0 Å². The predicted molar refractivity (Wildman–Crippen MR) is 106 cm³/mol. The molecule has 0 spiro atoms. The summed E-state index contributed by atoms with van der Waals surface area (Å²) in [5.41, 5.74) is 0.971. The van der Waals surface area contributed by atoms with Crippen molar-refractivity contribution in [2.45, 2.75) is 37.0 Å². The van der Waals surface area contributed by atoms with Crippen LogP contribution < -0.4 is 4.74 Å². The zero-order valence-electron chi connectivity index (χ0n) is 16.3. The molecule has 8 heteroatoms. The maximum atomic E-state index is 6.30. The fourth-order valence-electron chi connectivity index (χ4n) is 3.71. The third-order valence-electron chi connectivity index (χ3n) is 5.10. The van der Waals surface area contributed by atoms with E-state index < -0.39 is 21.1 Å².